The number of hydrazine groups is 1. The summed E-state index contributed by atoms with van der Waals surface area (Å²) in [6.07, 6.45) is 0. The Morgan fingerprint density at radius 2 is 2.06 bits per heavy atom. The van der Waals surface area contributed by atoms with E-state index in [2.05, 4.69) is 6.58 Å². The van der Waals surface area contributed by atoms with Gasteiger partial charge in [0, 0.05) is 6.04 Å². The van der Waals surface area contributed by atoms with Gasteiger partial charge < -0.3 is 10.7 Å². The van der Waals surface area contributed by atoms with Crippen molar-refractivity contribution in [3.05, 3.63) is 41.5 Å². The van der Waals surface area contributed by atoms with E-state index < -0.39 is 17.7 Å². The number of anilines is 1. The molecule has 17 heavy (non-hydrogen) atoms. The van der Waals surface area contributed by atoms with E-state index in [1.165, 1.54) is 12.1 Å². The highest BCUT2D eigenvalue weighted by atomic mass is 19.1. The van der Waals surface area contributed by atoms with Crippen LogP contribution in [0, 0.1) is 18.6 Å². The number of nitrogens with two attached hydrogens (primary N) is 2. The number of aryl methyl sites for hydroxylation is 1. The lowest BCUT2D eigenvalue weighted by molar-refractivity contribution is 0.562. The Morgan fingerprint density at radius 3 is 2.59 bits per heavy atom. The first kappa shape index (κ1) is 13.6. The second-order valence-corrected chi connectivity index (χ2v) is 4.13. The number of nitrogens with zero attached hydrogens (tertiary/aromatic N) is 1. The standard InChI is InChI=1S/C12H17F2N3/c1-7(2)10(15)6-17(16)12-9(13)5-4-8(3)11(12)14/h4-5,10H,1,6,15-16H2,2-3H3. The number of hydrogen-bond acceptors (Lipinski definition) is 3. The van der Waals surface area contributed by atoms with Crippen molar-refractivity contribution in [2.45, 2.75) is 19.9 Å². The van der Waals surface area contributed by atoms with Crippen molar-refractivity contribution in [2.75, 3.05) is 11.6 Å². The fourth-order valence-corrected chi connectivity index (χ4v) is 1.36. The number of halogens is 2. The van der Waals surface area contributed by atoms with E-state index >= 15 is 0 Å². The lowest BCUT2D eigenvalue weighted by Gasteiger charge is -2.24. The number of benzene rings is 1. The van der Waals surface area contributed by atoms with Crippen LogP contribution in [0.25, 0.3) is 0 Å². The first-order valence-electron chi connectivity index (χ1n) is 5.22. The second kappa shape index (κ2) is 5.25. The van der Waals surface area contributed by atoms with E-state index in [1.807, 2.05) is 0 Å². The van der Waals surface area contributed by atoms with Crippen molar-refractivity contribution in [2.24, 2.45) is 11.6 Å². The molecular formula is C12H17F2N3. The highest BCUT2D eigenvalue weighted by molar-refractivity contribution is 5.50. The van der Waals surface area contributed by atoms with Gasteiger partial charge in [-0.1, -0.05) is 18.2 Å². The zero-order valence-electron chi connectivity index (χ0n) is 10.0. The van der Waals surface area contributed by atoms with Crippen LogP contribution in [-0.4, -0.2) is 12.6 Å². The molecule has 0 aliphatic rings. The van der Waals surface area contributed by atoms with Crippen LogP contribution >= 0.6 is 0 Å². The molecule has 1 aromatic carbocycles. The van der Waals surface area contributed by atoms with Crippen LogP contribution in [0.2, 0.25) is 0 Å². The topological polar surface area (TPSA) is 55.3 Å². The summed E-state index contributed by atoms with van der Waals surface area (Å²) >= 11 is 0. The van der Waals surface area contributed by atoms with Gasteiger partial charge in [-0.05, 0) is 25.5 Å². The van der Waals surface area contributed by atoms with Crippen molar-refractivity contribution >= 4 is 5.69 Å². The lowest BCUT2D eigenvalue weighted by Crippen LogP contribution is -2.43. The van der Waals surface area contributed by atoms with Gasteiger partial charge in [0.05, 0.1) is 6.54 Å². The predicted octanol–water partition coefficient (Wildman–Crippen LogP) is 1.86. The molecule has 0 aliphatic heterocycles. The zero-order valence-corrected chi connectivity index (χ0v) is 10.0. The van der Waals surface area contributed by atoms with Crippen LogP contribution in [0.3, 0.4) is 0 Å². The minimum atomic E-state index is -0.704. The third kappa shape index (κ3) is 3.01. The largest absolute Gasteiger partial charge is 0.323 e. The predicted molar refractivity (Wildman–Crippen MR) is 65.4 cm³/mol. The molecule has 0 spiro atoms. The molecule has 0 fully saturated rings. The first-order valence-corrected chi connectivity index (χ1v) is 5.22. The third-order valence-corrected chi connectivity index (χ3v) is 2.57. The summed E-state index contributed by atoms with van der Waals surface area (Å²) in [5.41, 5.74) is 6.50. The molecule has 0 bridgehead atoms. The minimum absolute atomic E-state index is 0.104. The van der Waals surface area contributed by atoms with Gasteiger partial charge in [0.25, 0.3) is 0 Å². The molecule has 1 atom stereocenters. The number of hydrogen-bond donors (Lipinski definition) is 2. The SMILES string of the molecule is C=C(C)C(N)CN(N)c1c(F)ccc(C)c1F. The van der Waals surface area contributed by atoms with Crippen LogP contribution in [0.15, 0.2) is 24.3 Å². The molecule has 3 nitrogen and oxygen atoms in total. The van der Waals surface area contributed by atoms with Gasteiger partial charge in [0.2, 0.25) is 0 Å². The Labute approximate surface area is 99.7 Å². The van der Waals surface area contributed by atoms with Crippen LogP contribution in [0.4, 0.5) is 14.5 Å². The van der Waals surface area contributed by atoms with E-state index in [4.69, 9.17) is 11.6 Å². The maximum absolute atomic E-state index is 13.7. The molecular weight excluding hydrogens is 224 g/mol. The molecule has 5 heteroatoms. The van der Waals surface area contributed by atoms with Crippen molar-refractivity contribution in [3.63, 3.8) is 0 Å². The van der Waals surface area contributed by atoms with E-state index in [0.29, 0.717) is 11.1 Å². The van der Waals surface area contributed by atoms with Crippen molar-refractivity contribution in [3.8, 4) is 0 Å². The smallest absolute Gasteiger partial charge is 0.153 e. The van der Waals surface area contributed by atoms with E-state index in [1.54, 1.807) is 13.8 Å². The van der Waals surface area contributed by atoms with Gasteiger partial charge in [-0.15, -0.1) is 0 Å². The zero-order chi connectivity index (χ0) is 13.2. The fourth-order valence-electron chi connectivity index (χ4n) is 1.36. The monoisotopic (exact) mass is 241 g/mol. The summed E-state index contributed by atoms with van der Waals surface area (Å²) in [4.78, 5) is 0. The normalized spacial score (nSPS) is 12.4. The van der Waals surface area contributed by atoms with Crippen LogP contribution in [-0.2, 0) is 0 Å². The minimum Gasteiger partial charge on any atom is -0.323 e. The molecule has 0 saturated carbocycles. The summed E-state index contributed by atoms with van der Waals surface area (Å²) in [5, 5.41) is 0.983. The van der Waals surface area contributed by atoms with Gasteiger partial charge in [-0.25, -0.2) is 14.6 Å². The molecule has 1 unspecified atom stereocenters. The van der Waals surface area contributed by atoms with Crippen LogP contribution in [0.5, 0.6) is 0 Å². The molecule has 0 aromatic heterocycles. The third-order valence-electron chi connectivity index (χ3n) is 2.57. The summed E-state index contributed by atoms with van der Waals surface area (Å²) in [5.74, 6) is 4.27. The molecule has 94 valence electrons. The van der Waals surface area contributed by atoms with Crippen LogP contribution < -0.4 is 16.6 Å². The molecule has 0 saturated heterocycles. The highest BCUT2D eigenvalue weighted by Gasteiger charge is 2.18. The fraction of sp³-hybridized carbons (Fsp3) is 0.333. The summed E-state index contributed by atoms with van der Waals surface area (Å²) < 4.78 is 27.2. The number of rotatable bonds is 4. The van der Waals surface area contributed by atoms with E-state index in [0.717, 1.165) is 5.01 Å². The Hall–Kier alpha value is -1.46. The van der Waals surface area contributed by atoms with Gasteiger partial charge in [-0.2, -0.15) is 0 Å². The highest BCUT2D eigenvalue weighted by Crippen LogP contribution is 2.24. The summed E-state index contributed by atoms with van der Waals surface area (Å²) in [6, 6.07) is 2.11. The summed E-state index contributed by atoms with van der Waals surface area (Å²) in [7, 11) is 0. The van der Waals surface area contributed by atoms with Gasteiger partial charge in [-0.3, -0.25) is 0 Å². The Bertz CT molecular complexity index is 432. The summed E-state index contributed by atoms with van der Waals surface area (Å²) in [6.45, 7) is 7.06. The maximum Gasteiger partial charge on any atom is 0.153 e. The molecule has 0 amide bonds. The van der Waals surface area contributed by atoms with Crippen molar-refractivity contribution < 1.29 is 8.78 Å². The first-order chi connectivity index (χ1) is 7.84. The average molecular weight is 241 g/mol. The Morgan fingerprint density at radius 1 is 1.47 bits per heavy atom. The van der Waals surface area contributed by atoms with E-state index in [-0.39, 0.29) is 12.2 Å². The molecule has 0 heterocycles. The Kier molecular flexibility index (Phi) is 4.20. The average Bonchev–Trinajstić information content (AvgIpc) is 2.24. The maximum atomic E-state index is 13.7. The van der Waals surface area contributed by atoms with Crippen LogP contribution in [0.1, 0.15) is 12.5 Å². The molecule has 0 aliphatic carbocycles. The lowest BCUT2D eigenvalue weighted by atomic mass is 10.1. The van der Waals surface area contributed by atoms with Crippen molar-refractivity contribution in [1.82, 2.24) is 0 Å². The van der Waals surface area contributed by atoms with Crippen molar-refractivity contribution in [1.29, 1.82) is 0 Å². The van der Waals surface area contributed by atoms with Gasteiger partial charge in [0.15, 0.2) is 11.6 Å². The van der Waals surface area contributed by atoms with Gasteiger partial charge >= 0.3 is 0 Å². The Balaban J connectivity index is 3.00. The molecule has 4 N–H and O–H groups in total. The van der Waals surface area contributed by atoms with Gasteiger partial charge in [0.1, 0.15) is 5.69 Å². The molecule has 1 rings (SSSR count). The second-order valence-electron chi connectivity index (χ2n) is 4.13. The van der Waals surface area contributed by atoms with E-state index in [9.17, 15) is 8.78 Å². The quantitative estimate of drug-likeness (QED) is 0.480. The molecule has 0 radical (unpaired) electrons. The molecule has 1 aromatic rings.